The summed E-state index contributed by atoms with van der Waals surface area (Å²) in [5.41, 5.74) is 0.365. The third-order valence-corrected chi connectivity index (χ3v) is 22.8. The van der Waals surface area contributed by atoms with Crippen molar-refractivity contribution >= 4 is 66.0 Å². The van der Waals surface area contributed by atoms with E-state index in [-0.39, 0.29) is 11.1 Å². The van der Waals surface area contributed by atoms with E-state index < -0.39 is 34.1 Å². The van der Waals surface area contributed by atoms with E-state index in [0.29, 0.717) is 0 Å². The molecule has 4 heteroatoms. The molecule has 1 saturated heterocycles. The number of rotatable bonds is 6. The molecule has 1 aliphatic rings. The van der Waals surface area contributed by atoms with Crippen LogP contribution in [0.1, 0.15) is 47.0 Å². The zero-order valence-corrected chi connectivity index (χ0v) is 34.4. The van der Waals surface area contributed by atoms with Crippen LogP contribution in [0.4, 0.5) is 0 Å². The van der Waals surface area contributed by atoms with Gasteiger partial charge in [0.1, 0.15) is 0 Å². The first-order valence-electron chi connectivity index (χ1n) is 17.4. The van der Waals surface area contributed by atoms with Crippen molar-refractivity contribution in [1.29, 1.82) is 0 Å². The van der Waals surface area contributed by atoms with Crippen molar-refractivity contribution in [3.05, 3.63) is 182 Å². The summed E-state index contributed by atoms with van der Waals surface area (Å²) >= 11 is -3.61. The summed E-state index contributed by atoms with van der Waals surface area (Å²) in [6, 6.07) is 65.7. The van der Waals surface area contributed by atoms with Crippen LogP contribution in [-0.4, -0.2) is 58.0 Å². The van der Waals surface area contributed by atoms with Gasteiger partial charge >= 0.3 is 240 Å². The molecule has 0 saturated carbocycles. The second-order valence-electron chi connectivity index (χ2n) is 13.8. The van der Waals surface area contributed by atoms with Crippen LogP contribution < -0.4 is 23.9 Å². The normalized spacial score (nSPS) is 15.0. The molecule has 6 aromatic rings. The van der Waals surface area contributed by atoms with Crippen molar-refractivity contribution in [2.45, 2.75) is 58.0 Å². The van der Waals surface area contributed by atoms with Gasteiger partial charge in [-0.1, -0.05) is 0 Å². The summed E-state index contributed by atoms with van der Waals surface area (Å²) in [5.74, 6) is 0. The van der Waals surface area contributed by atoms with Crippen LogP contribution in [0.5, 0.6) is 0 Å². The quantitative estimate of drug-likeness (QED) is 0.174. The molecule has 0 bridgehead atoms. The third kappa shape index (κ3) is 10.4. The van der Waals surface area contributed by atoms with Crippen LogP contribution in [0.25, 0.3) is 0 Å². The van der Waals surface area contributed by atoms with E-state index in [9.17, 15) is 0 Å². The molecule has 244 valence electrons. The van der Waals surface area contributed by atoms with Gasteiger partial charge in [0.2, 0.25) is 0 Å². The van der Waals surface area contributed by atoms with Gasteiger partial charge in [-0.05, 0) is 47.0 Å². The summed E-state index contributed by atoms with van der Waals surface area (Å²) in [4.78, 5) is 2.02. The zero-order valence-electron chi connectivity index (χ0n) is 29.5. The molecule has 0 aromatic heterocycles. The van der Waals surface area contributed by atoms with Gasteiger partial charge in [0.05, 0.1) is 0 Å². The van der Waals surface area contributed by atoms with Gasteiger partial charge in [-0.15, -0.1) is 0 Å². The van der Waals surface area contributed by atoms with Gasteiger partial charge in [0.25, 0.3) is 0 Å². The Kier molecular flexibility index (Phi) is 13.6. The average Bonchev–Trinajstić information content (AvgIpc) is 3.14. The monoisotopic (exact) mass is 807 g/mol. The van der Waals surface area contributed by atoms with Gasteiger partial charge in [0.15, 0.2) is 7.98 Å². The van der Waals surface area contributed by atoms with Gasteiger partial charge in [0, 0.05) is 11.1 Å². The molecule has 0 atom stereocenters. The first kappa shape index (κ1) is 37.0. The van der Waals surface area contributed by atoms with E-state index in [4.69, 9.17) is 7.98 Å². The van der Waals surface area contributed by atoms with Gasteiger partial charge < -0.3 is 4.81 Å². The fraction of sp³-hybridized carbons (Fsp3) is 0.200. The molecular formula is C45H48BGeNSn. The van der Waals surface area contributed by atoms with Gasteiger partial charge in [-0.2, -0.15) is 0 Å². The Morgan fingerprint density at radius 1 is 0.429 bits per heavy atom. The minimum absolute atomic E-state index is 0.182. The fourth-order valence-electron chi connectivity index (χ4n) is 6.64. The Morgan fingerprint density at radius 2 is 0.673 bits per heavy atom. The molecule has 0 unspecified atom stereocenters. The molecule has 6 aromatic carbocycles. The maximum absolute atomic E-state index is 6.02. The topological polar surface area (TPSA) is 3.24 Å². The molecule has 49 heavy (non-hydrogen) atoms. The molecular weight excluding hydrogens is 757 g/mol. The molecule has 1 nitrogen and oxygen atoms in total. The molecule has 0 N–H and O–H groups in total. The van der Waals surface area contributed by atoms with Crippen LogP contribution in [0.2, 0.25) is 0 Å². The minimum atomic E-state index is -1.98. The summed E-state index contributed by atoms with van der Waals surface area (Å²) < 4.78 is 9.09. The number of benzene rings is 6. The van der Waals surface area contributed by atoms with Crippen LogP contribution in [0.3, 0.4) is 0 Å². The van der Waals surface area contributed by atoms with E-state index in [1.807, 2.05) is 4.81 Å². The molecule has 4 radical (unpaired) electrons. The summed E-state index contributed by atoms with van der Waals surface area (Å²) in [5, 5.41) is 0. The van der Waals surface area contributed by atoms with Crippen molar-refractivity contribution in [2.24, 2.45) is 0 Å². The first-order valence-corrected chi connectivity index (χ1v) is 24.8. The number of hydrogen-bond donors (Lipinski definition) is 0. The predicted octanol–water partition coefficient (Wildman–Crippen LogP) is 6.52. The molecule has 0 amide bonds. The van der Waals surface area contributed by atoms with Gasteiger partial charge in [-0.3, -0.25) is 0 Å². The van der Waals surface area contributed by atoms with Crippen molar-refractivity contribution in [1.82, 2.24) is 4.81 Å². The Hall–Kier alpha value is -3.31. The van der Waals surface area contributed by atoms with E-state index in [2.05, 4.69) is 210 Å². The van der Waals surface area contributed by atoms with E-state index in [1.54, 1.807) is 0 Å². The summed E-state index contributed by atoms with van der Waals surface area (Å²) in [7, 11) is 6.02. The van der Waals surface area contributed by atoms with Crippen molar-refractivity contribution < 1.29 is 0 Å². The predicted molar refractivity (Wildman–Crippen MR) is 218 cm³/mol. The van der Waals surface area contributed by atoms with Crippen molar-refractivity contribution in [3.63, 3.8) is 0 Å². The van der Waals surface area contributed by atoms with Crippen LogP contribution >= 0.6 is 0 Å². The molecule has 1 heterocycles. The molecule has 7 rings (SSSR count). The first-order chi connectivity index (χ1) is 23.8. The number of piperidine rings is 1. The number of nitrogens with zero attached hydrogens (tertiary/aromatic N) is 1. The van der Waals surface area contributed by atoms with Crippen molar-refractivity contribution in [3.8, 4) is 0 Å². The van der Waals surface area contributed by atoms with Crippen LogP contribution in [-0.2, 0) is 0 Å². The maximum atomic E-state index is 6.02. The van der Waals surface area contributed by atoms with E-state index in [0.717, 1.165) is 0 Å². The van der Waals surface area contributed by atoms with Gasteiger partial charge in [-0.25, -0.2) is 0 Å². The Balaban J connectivity index is 0.000000149. The third-order valence-electron chi connectivity index (χ3n) is 9.26. The average molecular weight is 805 g/mol. The van der Waals surface area contributed by atoms with Crippen LogP contribution in [0, 0.1) is 0 Å². The van der Waals surface area contributed by atoms with Crippen molar-refractivity contribution in [2.75, 3.05) is 0 Å². The molecule has 1 fully saturated rings. The second-order valence-corrected chi connectivity index (χ2v) is 26.1. The van der Waals surface area contributed by atoms with E-state index >= 15 is 0 Å². The Labute approximate surface area is 308 Å². The molecule has 0 spiro atoms. The van der Waals surface area contributed by atoms with E-state index in [1.165, 1.54) is 43.2 Å². The second kappa shape index (κ2) is 18.1. The summed E-state index contributed by atoms with van der Waals surface area (Å²) in [6.45, 7) is 8.86. The molecule has 0 aliphatic carbocycles. The standard InChI is InChI=1S/C18H15Ge.C9H18BN.3C6H5.Sn/c1-4-10-16(11-5-1)19(17-12-6-2-7-13-17)18-14-8-3-9-15-18;1-8(2)6-5-7-9(3,4)11(8)10;3*1-2-4-6-5-3-1;/h1-15H;5-7H2,1-4H3;3*1-5H;. The number of hydrogen-bond acceptors (Lipinski definition) is 1. The SMILES string of the molecule is [B]N1C(C)(C)CCCC1(C)C.c1cc[c]([Ge]([c]2ccccc2)[c]2ccccc2)cc1.c1cc[c]([Sn]([c]2ccccc2)[c]2ccccc2)cc1. The Morgan fingerprint density at radius 3 is 0.918 bits per heavy atom. The molecule has 1 aliphatic heterocycles. The summed E-state index contributed by atoms with van der Waals surface area (Å²) in [6.07, 6.45) is 3.73. The van der Waals surface area contributed by atoms with Crippen LogP contribution in [0.15, 0.2) is 182 Å². The fourth-order valence-corrected chi connectivity index (χ4v) is 19.4. The zero-order chi connectivity index (χ0) is 34.5. The Bertz CT molecular complexity index is 1460.